The minimum Gasteiger partial charge on any atom is -0.273 e. The Kier molecular flexibility index (Phi) is 3.50. The second-order valence-corrected chi connectivity index (χ2v) is 1.91. The van der Waals surface area contributed by atoms with E-state index in [4.69, 9.17) is 11.8 Å². The predicted molar refractivity (Wildman–Crippen MR) is 32.7 cm³/mol. The summed E-state index contributed by atoms with van der Waals surface area (Å²) in [4.78, 5) is 20.7. The molecule has 0 atom stereocenters. The number of carbonyl (C=O) groups is 2. The first-order valence-corrected chi connectivity index (χ1v) is 2.57. The van der Waals surface area contributed by atoms with Crippen LogP contribution in [0.1, 0.15) is 12.8 Å². The quantitative estimate of drug-likeness (QED) is 0.343. The van der Waals surface area contributed by atoms with E-state index in [-0.39, 0.29) is 48.6 Å². The Labute approximate surface area is 74.4 Å². The molecule has 1 rings (SSSR count). The number of hydrogen-bond acceptors (Lipinski definition) is 2. The Bertz CT molecular complexity index is 134. The molecule has 0 aliphatic carbocycles. The van der Waals surface area contributed by atoms with E-state index in [1.165, 1.54) is 0 Å². The van der Waals surface area contributed by atoms with Crippen molar-refractivity contribution in [2.75, 3.05) is 0 Å². The van der Waals surface area contributed by atoms with E-state index in [9.17, 15) is 9.59 Å². The normalized spacial score (nSPS) is 18.1. The van der Waals surface area contributed by atoms with Crippen LogP contribution in [-0.4, -0.2) is 40.1 Å². The predicted octanol–water partition coefficient (Wildman–Crippen LogP) is -0.0916. The first-order chi connectivity index (χ1) is 3.72. The van der Waals surface area contributed by atoms with Crippen LogP contribution in [0.3, 0.4) is 0 Å². The minimum absolute atomic E-state index is 0. The van der Waals surface area contributed by atoms with Crippen LogP contribution in [0.2, 0.25) is 0 Å². The van der Waals surface area contributed by atoms with Crippen LogP contribution in [0.4, 0.5) is 0 Å². The molecular weight excluding hydrogens is 248 g/mol. The molecule has 0 aromatic rings. The van der Waals surface area contributed by atoms with Crippen molar-refractivity contribution in [1.29, 1.82) is 0 Å². The molecule has 0 bridgehead atoms. The average molecular weight is 252 g/mol. The Morgan fingerprint density at radius 1 is 1.22 bits per heavy atom. The molecule has 2 amide bonds. The van der Waals surface area contributed by atoms with Crippen LogP contribution in [-0.2, 0) is 9.59 Å². The maximum atomic E-state index is 10.4. The third-order valence-corrected chi connectivity index (χ3v) is 1.37. The first kappa shape index (κ1) is 9.23. The fourth-order valence-electron chi connectivity index (χ4n) is 0.549. The summed E-state index contributed by atoms with van der Waals surface area (Å²) in [6.45, 7) is 0. The van der Waals surface area contributed by atoms with Crippen molar-refractivity contribution in [3.63, 3.8) is 0 Å². The monoisotopic (exact) mass is 253 g/mol. The number of amides is 2. The molecule has 48 valence electrons. The largest absolute Gasteiger partial charge is 0.273 e. The van der Waals surface area contributed by atoms with Crippen molar-refractivity contribution < 1.29 is 9.59 Å². The summed E-state index contributed by atoms with van der Waals surface area (Å²) < 4.78 is 0.639. The van der Waals surface area contributed by atoms with E-state index in [2.05, 4.69) is 0 Å². The first-order valence-electron chi connectivity index (χ1n) is 2.23. The molecule has 0 aromatic carbocycles. The van der Waals surface area contributed by atoms with Crippen molar-refractivity contribution in [2.45, 2.75) is 12.8 Å². The third kappa shape index (κ3) is 1.82. The second kappa shape index (κ2) is 3.41. The van der Waals surface area contributed by atoms with Gasteiger partial charge in [-0.3, -0.25) is 9.59 Å². The summed E-state index contributed by atoms with van der Waals surface area (Å²) in [6.07, 6.45) is 0.532. The van der Waals surface area contributed by atoms with Crippen LogP contribution in [0, 0.1) is 0 Å². The van der Waals surface area contributed by atoms with E-state index in [0.717, 1.165) is 0 Å². The van der Waals surface area contributed by atoms with Gasteiger partial charge in [-0.05, 0) is 0 Å². The molecule has 0 N–H and O–H groups in total. The molecule has 1 fully saturated rings. The molecule has 9 heavy (non-hydrogen) atoms. The van der Waals surface area contributed by atoms with Crippen LogP contribution >= 0.6 is 11.8 Å². The van der Waals surface area contributed by atoms with Gasteiger partial charge in [0.05, 0.1) is 0 Å². The fraction of sp³-hybridized carbons (Fsp3) is 0.500. The van der Waals surface area contributed by atoms with Gasteiger partial charge in [-0.15, -0.1) is 0 Å². The van der Waals surface area contributed by atoms with Crippen molar-refractivity contribution in [3.05, 3.63) is 0 Å². The van der Waals surface area contributed by atoms with Crippen molar-refractivity contribution in [2.24, 2.45) is 0 Å². The molecule has 1 saturated heterocycles. The van der Waals surface area contributed by atoms with Crippen LogP contribution in [0.25, 0.3) is 0 Å². The molecule has 0 unspecified atom stereocenters. The van der Waals surface area contributed by atoms with Gasteiger partial charge >= 0.3 is 0 Å². The Balaban J connectivity index is 0.000000640. The zero-order valence-corrected chi connectivity index (χ0v) is 8.17. The SMILES string of the molecule is O=C1CCC(=O)N1Cl.[Sn]. The van der Waals surface area contributed by atoms with E-state index < -0.39 is 0 Å². The second-order valence-electron chi connectivity index (χ2n) is 1.57. The van der Waals surface area contributed by atoms with E-state index in [1.807, 2.05) is 0 Å². The summed E-state index contributed by atoms with van der Waals surface area (Å²) >= 11 is 5.15. The van der Waals surface area contributed by atoms with Gasteiger partial charge in [0, 0.05) is 48.5 Å². The molecule has 1 heterocycles. The summed E-state index contributed by atoms with van der Waals surface area (Å²) in [7, 11) is 0. The molecule has 0 saturated carbocycles. The number of rotatable bonds is 0. The molecule has 1 aliphatic heterocycles. The minimum atomic E-state index is -0.295. The van der Waals surface area contributed by atoms with Gasteiger partial charge < -0.3 is 0 Å². The molecule has 0 spiro atoms. The van der Waals surface area contributed by atoms with Gasteiger partial charge in [-0.25, -0.2) is 0 Å². The number of carbonyl (C=O) groups excluding carboxylic acids is 2. The van der Waals surface area contributed by atoms with Gasteiger partial charge in [-0.1, -0.05) is 0 Å². The van der Waals surface area contributed by atoms with Gasteiger partial charge in [-0.2, -0.15) is 4.42 Å². The molecule has 1 aliphatic rings. The van der Waals surface area contributed by atoms with Crippen LogP contribution in [0.5, 0.6) is 0 Å². The molecule has 5 heteroatoms. The Morgan fingerprint density at radius 2 is 1.56 bits per heavy atom. The summed E-state index contributed by atoms with van der Waals surface area (Å²) in [6, 6.07) is 0. The number of imide groups is 1. The Hall–Kier alpha value is 0.229. The van der Waals surface area contributed by atoms with Crippen molar-refractivity contribution in [1.82, 2.24) is 4.42 Å². The van der Waals surface area contributed by atoms with Gasteiger partial charge in [0.25, 0.3) is 0 Å². The zero-order valence-electron chi connectivity index (χ0n) is 4.56. The van der Waals surface area contributed by atoms with E-state index in [0.29, 0.717) is 4.42 Å². The van der Waals surface area contributed by atoms with Gasteiger partial charge in [0.1, 0.15) is 0 Å². The standard InChI is InChI=1S/C4H4ClNO2.Sn/c5-6-3(7)1-2-4(6)8;/h1-2H2;. The van der Waals surface area contributed by atoms with Gasteiger partial charge in [0.15, 0.2) is 0 Å². The smallest absolute Gasteiger partial charge is 0.244 e. The van der Waals surface area contributed by atoms with Crippen LogP contribution in [0.15, 0.2) is 0 Å². The fourth-order valence-corrected chi connectivity index (χ4v) is 0.718. The van der Waals surface area contributed by atoms with Gasteiger partial charge in [0.2, 0.25) is 11.8 Å². The maximum absolute atomic E-state index is 10.4. The number of hydrogen-bond donors (Lipinski definition) is 0. The summed E-state index contributed by atoms with van der Waals surface area (Å²) in [5.41, 5.74) is 0. The Morgan fingerprint density at radius 3 is 1.67 bits per heavy atom. The van der Waals surface area contributed by atoms with Crippen molar-refractivity contribution >= 4 is 47.5 Å². The molecular formula is C4H4ClNO2Sn. The zero-order chi connectivity index (χ0) is 6.15. The summed E-state index contributed by atoms with van der Waals surface area (Å²) in [5.74, 6) is -0.590. The topological polar surface area (TPSA) is 37.4 Å². The number of nitrogens with zero attached hydrogens (tertiary/aromatic N) is 1. The van der Waals surface area contributed by atoms with E-state index >= 15 is 0 Å². The van der Waals surface area contributed by atoms with E-state index in [1.54, 1.807) is 0 Å². The van der Waals surface area contributed by atoms with Crippen molar-refractivity contribution in [3.8, 4) is 0 Å². The number of halogens is 1. The third-order valence-electron chi connectivity index (χ3n) is 0.991. The average Bonchev–Trinajstić information content (AvgIpc) is 1.98. The maximum Gasteiger partial charge on any atom is 0.244 e. The molecule has 4 radical (unpaired) electrons. The summed E-state index contributed by atoms with van der Waals surface area (Å²) in [5, 5.41) is 0. The van der Waals surface area contributed by atoms with Crippen LogP contribution < -0.4 is 0 Å². The molecule has 3 nitrogen and oxygen atoms in total. The molecule has 0 aromatic heterocycles.